The van der Waals surface area contributed by atoms with Crippen LogP contribution < -0.4 is 16.0 Å². The smallest absolute Gasteiger partial charge is 0.272 e. The first kappa shape index (κ1) is 30.4. The first-order chi connectivity index (χ1) is 21.4. The number of nitrogens with zero attached hydrogens (tertiary/aromatic N) is 2. The molecule has 3 amide bonds. The zero-order chi connectivity index (χ0) is 30.9. The van der Waals surface area contributed by atoms with E-state index >= 15 is 0 Å². The Morgan fingerprint density at radius 2 is 1.57 bits per heavy atom. The van der Waals surface area contributed by atoms with Gasteiger partial charge in [-0.3, -0.25) is 19.4 Å². The Labute approximate surface area is 263 Å². The van der Waals surface area contributed by atoms with Crippen molar-refractivity contribution in [1.29, 1.82) is 0 Å². The summed E-state index contributed by atoms with van der Waals surface area (Å²) in [5.74, 6) is -1.04. The Bertz CT molecular complexity index is 1770. The van der Waals surface area contributed by atoms with Crippen molar-refractivity contribution in [2.75, 3.05) is 10.6 Å². The van der Waals surface area contributed by atoms with Gasteiger partial charge >= 0.3 is 0 Å². The van der Waals surface area contributed by atoms with Gasteiger partial charge in [-0.1, -0.05) is 54.6 Å². The highest BCUT2D eigenvalue weighted by Crippen LogP contribution is 2.31. The fraction of sp³-hybridized carbons (Fsp3) is 0.0882. The number of thiazole rings is 1. The molecule has 0 fully saturated rings. The number of carbonyl (C=O) groups is 3. The van der Waals surface area contributed by atoms with Gasteiger partial charge in [0.2, 0.25) is 5.91 Å². The maximum atomic E-state index is 13.2. The molecule has 0 saturated carbocycles. The zero-order valence-electron chi connectivity index (χ0n) is 24.0. The molecular weight excluding hydrogens is 591 g/mol. The van der Waals surface area contributed by atoms with Gasteiger partial charge in [-0.05, 0) is 68.0 Å². The molecule has 5 aromatic rings. The summed E-state index contributed by atoms with van der Waals surface area (Å²) in [6, 6.07) is 29.2. The van der Waals surface area contributed by atoms with Crippen LogP contribution in [0.1, 0.15) is 27.7 Å². The molecule has 0 radical (unpaired) electrons. The average molecular weight is 620 g/mol. The second kappa shape index (κ2) is 14.4. The van der Waals surface area contributed by atoms with E-state index in [9.17, 15) is 14.4 Å². The summed E-state index contributed by atoms with van der Waals surface area (Å²) in [5.41, 5.74) is 3.57. The van der Waals surface area contributed by atoms with E-state index in [4.69, 9.17) is 0 Å². The molecule has 8 nitrogen and oxygen atoms in total. The summed E-state index contributed by atoms with van der Waals surface area (Å²) in [6.45, 7) is 3.82. The number of thioether (sulfide) groups is 1. The van der Waals surface area contributed by atoms with Crippen molar-refractivity contribution in [3.05, 3.63) is 131 Å². The van der Waals surface area contributed by atoms with Crippen LogP contribution in [0.4, 0.5) is 10.8 Å². The lowest BCUT2D eigenvalue weighted by Crippen LogP contribution is -2.30. The third kappa shape index (κ3) is 8.06. The largest absolute Gasteiger partial charge is 0.321 e. The van der Waals surface area contributed by atoms with Crippen molar-refractivity contribution in [3.63, 3.8) is 0 Å². The van der Waals surface area contributed by atoms with E-state index in [1.54, 1.807) is 67.0 Å². The molecule has 2 aromatic heterocycles. The van der Waals surface area contributed by atoms with E-state index in [0.717, 1.165) is 21.0 Å². The van der Waals surface area contributed by atoms with Crippen LogP contribution in [-0.2, 0) is 9.59 Å². The molecule has 1 atom stereocenters. The standard InChI is InChI=1S/C34H29N5O3S2/c1-22-30(25-11-5-3-6-12-25)38-34(44-22)39-31(40)23(2)43-28-17-15-27(16-18-28)36-33(42)29(20-24-10-9-19-35-21-24)37-32(41)26-13-7-4-8-14-26/h3-21,23H,1-2H3,(H,36,42)(H,37,41)(H,38,39,40)/b29-20-. The van der Waals surface area contributed by atoms with Crippen LogP contribution in [0, 0.1) is 6.92 Å². The fourth-order valence-electron chi connectivity index (χ4n) is 4.16. The van der Waals surface area contributed by atoms with Crippen molar-refractivity contribution in [2.45, 2.75) is 24.0 Å². The number of nitrogens with one attached hydrogen (secondary N) is 3. The molecule has 0 bridgehead atoms. The van der Waals surface area contributed by atoms with Crippen molar-refractivity contribution < 1.29 is 14.4 Å². The van der Waals surface area contributed by atoms with Gasteiger partial charge in [0.15, 0.2) is 5.13 Å². The minimum absolute atomic E-state index is 0.0726. The van der Waals surface area contributed by atoms with Crippen LogP contribution in [0.15, 0.2) is 120 Å². The van der Waals surface area contributed by atoms with Crippen LogP contribution in [0.25, 0.3) is 17.3 Å². The van der Waals surface area contributed by atoms with Crippen molar-refractivity contribution in [1.82, 2.24) is 15.3 Å². The van der Waals surface area contributed by atoms with E-state index in [2.05, 4.69) is 25.9 Å². The number of benzene rings is 3. The number of anilines is 2. The minimum atomic E-state index is -0.486. The van der Waals surface area contributed by atoms with E-state index in [1.165, 1.54) is 23.1 Å². The van der Waals surface area contributed by atoms with Crippen molar-refractivity contribution in [3.8, 4) is 11.3 Å². The number of aryl methyl sites for hydroxylation is 1. The van der Waals surface area contributed by atoms with Gasteiger partial charge in [0.05, 0.1) is 10.9 Å². The maximum Gasteiger partial charge on any atom is 0.272 e. The Hall–Kier alpha value is -5.06. The second-order valence-electron chi connectivity index (χ2n) is 9.68. The Balaban J connectivity index is 1.21. The molecular formula is C34H29N5O3S2. The Morgan fingerprint density at radius 1 is 0.864 bits per heavy atom. The van der Waals surface area contributed by atoms with Crippen LogP contribution >= 0.6 is 23.1 Å². The summed E-state index contributed by atoms with van der Waals surface area (Å²) in [4.78, 5) is 49.6. The summed E-state index contributed by atoms with van der Waals surface area (Å²) in [7, 11) is 0. The second-order valence-corrected chi connectivity index (χ2v) is 12.3. The van der Waals surface area contributed by atoms with Gasteiger partial charge in [0, 0.05) is 39.0 Å². The van der Waals surface area contributed by atoms with Crippen LogP contribution in [0.2, 0.25) is 0 Å². The lowest BCUT2D eigenvalue weighted by molar-refractivity contribution is -0.115. The van der Waals surface area contributed by atoms with Gasteiger partial charge in [-0.2, -0.15) is 0 Å². The van der Waals surface area contributed by atoms with Crippen molar-refractivity contribution >= 4 is 57.7 Å². The average Bonchev–Trinajstić information content (AvgIpc) is 3.42. The number of amides is 3. The highest BCUT2D eigenvalue weighted by atomic mass is 32.2. The minimum Gasteiger partial charge on any atom is -0.321 e. The molecule has 0 spiro atoms. The molecule has 0 aliphatic carbocycles. The van der Waals surface area contributed by atoms with Crippen LogP contribution in [0.5, 0.6) is 0 Å². The molecule has 10 heteroatoms. The highest BCUT2D eigenvalue weighted by molar-refractivity contribution is 8.00. The van der Waals surface area contributed by atoms with Gasteiger partial charge in [0.1, 0.15) is 5.70 Å². The summed E-state index contributed by atoms with van der Waals surface area (Å²) in [6.07, 6.45) is 4.80. The van der Waals surface area contributed by atoms with E-state index in [-0.39, 0.29) is 16.9 Å². The predicted octanol–water partition coefficient (Wildman–Crippen LogP) is 7.04. The Kier molecular flexibility index (Phi) is 9.96. The number of rotatable bonds is 10. The molecule has 3 aromatic carbocycles. The summed E-state index contributed by atoms with van der Waals surface area (Å²) >= 11 is 2.84. The molecule has 0 aliphatic heterocycles. The lowest BCUT2D eigenvalue weighted by atomic mass is 10.1. The molecule has 0 aliphatic rings. The highest BCUT2D eigenvalue weighted by Gasteiger charge is 2.19. The predicted molar refractivity (Wildman–Crippen MR) is 177 cm³/mol. The quantitative estimate of drug-likeness (QED) is 0.114. The third-order valence-corrected chi connectivity index (χ3v) is 8.39. The molecule has 0 saturated heterocycles. The SMILES string of the molecule is Cc1sc(NC(=O)C(C)Sc2ccc(NC(=O)/C(=C/c3cccnc3)NC(=O)c3ccccc3)cc2)nc1-c1ccccc1. The number of hydrogen-bond acceptors (Lipinski definition) is 7. The van der Waals surface area contributed by atoms with Gasteiger partial charge in [-0.25, -0.2) is 4.98 Å². The van der Waals surface area contributed by atoms with Gasteiger partial charge in [0.25, 0.3) is 11.8 Å². The summed E-state index contributed by atoms with van der Waals surface area (Å²) in [5, 5.41) is 8.66. The van der Waals surface area contributed by atoms with Gasteiger partial charge in [-0.15, -0.1) is 23.1 Å². The van der Waals surface area contributed by atoms with Crippen LogP contribution in [-0.4, -0.2) is 32.9 Å². The molecule has 1 unspecified atom stereocenters. The van der Waals surface area contributed by atoms with Crippen LogP contribution in [0.3, 0.4) is 0 Å². The normalized spacial score (nSPS) is 11.8. The maximum absolute atomic E-state index is 13.2. The third-order valence-electron chi connectivity index (χ3n) is 6.39. The Morgan fingerprint density at radius 3 is 2.25 bits per heavy atom. The molecule has 3 N–H and O–H groups in total. The van der Waals surface area contributed by atoms with E-state index < -0.39 is 11.8 Å². The number of pyridine rings is 1. The number of aromatic nitrogens is 2. The molecule has 2 heterocycles. The molecule has 220 valence electrons. The van der Waals surface area contributed by atoms with Crippen molar-refractivity contribution in [2.24, 2.45) is 0 Å². The lowest BCUT2D eigenvalue weighted by Gasteiger charge is -2.13. The first-order valence-corrected chi connectivity index (χ1v) is 15.5. The fourth-order valence-corrected chi connectivity index (χ4v) is 5.87. The topological polar surface area (TPSA) is 113 Å². The monoisotopic (exact) mass is 619 g/mol. The number of hydrogen-bond donors (Lipinski definition) is 3. The molecule has 44 heavy (non-hydrogen) atoms. The number of carbonyl (C=O) groups excluding carboxylic acids is 3. The first-order valence-electron chi connectivity index (χ1n) is 13.8. The zero-order valence-corrected chi connectivity index (χ0v) is 25.6. The molecule has 5 rings (SSSR count). The van der Waals surface area contributed by atoms with E-state index in [1.807, 2.05) is 62.4 Å². The van der Waals surface area contributed by atoms with Gasteiger partial charge < -0.3 is 16.0 Å². The van der Waals surface area contributed by atoms with E-state index in [0.29, 0.717) is 21.9 Å². The summed E-state index contributed by atoms with van der Waals surface area (Å²) < 4.78 is 0.